The van der Waals surface area contributed by atoms with Gasteiger partial charge in [-0.2, -0.15) is 13.2 Å². The molecule has 2 aromatic rings. The van der Waals surface area contributed by atoms with Gasteiger partial charge >= 0.3 is 6.18 Å². The van der Waals surface area contributed by atoms with Crippen LogP contribution in [0.25, 0.3) is 0 Å². The van der Waals surface area contributed by atoms with Gasteiger partial charge in [-0.1, -0.05) is 12.1 Å². The summed E-state index contributed by atoms with van der Waals surface area (Å²) in [5.41, 5.74) is 7.13. The fourth-order valence-electron chi connectivity index (χ4n) is 4.92. The lowest BCUT2D eigenvalue weighted by atomic mass is 9.69. The van der Waals surface area contributed by atoms with Crippen molar-refractivity contribution < 1.29 is 22.4 Å². The number of nitrogens with zero attached hydrogens (tertiary/aromatic N) is 2. The summed E-state index contributed by atoms with van der Waals surface area (Å²) in [5, 5.41) is 0. The number of carbonyl (C=O) groups excluding carboxylic acids is 1. The van der Waals surface area contributed by atoms with Crippen molar-refractivity contribution in [2.45, 2.75) is 75.0 Å². The van der Waals surface area contributed by atoms with E-state index in [9.17, 15) is 22.4 Å². The van der Waals surface area contributed by atoms with Crippen molar-refractivity contribution in [3.63, 3.8) is 0 Å². The molecule has 2 aliphatic carbocycles. The molecule has 33 heavy (non-hydrogen) atoms. The minimum absolute atomic E-state index is 0.0406. The van der Waals surface area contributed by atoms with Crippen LogP contribution in [0.5, 0.6) is 0 Å². The fourth-order valence-corrected chi connectivity index (χ4v) is 4.92. The lowest BCUT2D eigenvalue weighted by molar-refractivity contribution is -0.146. The van der Waals surface area contributed by atoms with Gasteiger partial charge in [0.2, 0.25) is 0 Å². The summed E-state index contributed by atoms with van der Waals surface area (Å²) in [6.07, 6.45) is 1.75. The van der Waals surface area contributed by atoms with Crippen LogP contribution < -0.4 is 5.73 Å². The third-order valence-electron chi connectivity index (χ3n) is 7.29. The molecule has 1 aromatic carbocycles. The summed E-state index contributed by atoms with van der Waals surface area (Å²) in [5.74, 6) is -2.10. The SMILES string of the molecule is CC(c1ccc(C(=O)N(C2CC2)C2CCC(CN)(c3ccc(F)cn3)CC2)cc1)C(F)(F)F. The summed E-state index contributed by atoms with van der Waals surface area (Å²) in [7, 11) is 0. The van der Waals surface area contributed by atoms with Crippen LogP contribution in [0, 0.1) is 5.82 Å². The molecule has 8 heteroatoms. The Bertz CT molecular complexity index is 963. The molecule has 1 amide bonds. The van der Waals surface area contributed by atoms with Crippen LogP contribution in [0.1, 0.15) is 73.0 Å². The molecule has 2 fully saturated rings. The quantitative estimate of drug-likeness (QED) is 0.589. The lowest BCUT2D eigenvalue weighted by Gasteiger charge is -2.43. The van der Waals surface area contributed by atoms with Crippen molar-refractivity contribution >= 4 is 5.91 Å². The van der Waals surface area contributed by atoms with Gasteiger partial charge in [-0.25, -0.2) is 4.39 Å². The van der Waals surface area contributed by atoms with Crippen LogP contribution in [0.2, 0.25) is 0 Å². The Labute approximate surface area is 191 Å². The second-order valence-electron chi connectivity index (χ2n) is 9.41. The van der Waals surface area contributed by atoms with Crippen molar-refractivity contribution in [3.05, 3.63) is 65.2 Å². The van der Waals surface area contributed by atoms with Crippen LogP contribution in [-0.4, -0.2) is 40.6 Å². The first-order valence-electron chi connectivity index (χ1n) is 11.5. The number of benzene rings is 1. The van der Waals surface area contributed by atoms with Gasteiger partial charge in [0.05, 0.1) is 12.1 Å². The monoisotopic (exact) mass is 463 g/mol. The highest BCUT2D eigenvalue weighted by Crippen LogP contribution is 2.42. The van der Waals surface area contributed by atoms with Crippen LogP contribution in [0.3, 0.4) is 0 Å². The molecule has 0 spiro atoms. The summed E-state index contributed by atoms with van der Waals surface area (Å²) in [6.45, 7) is 1.52. The van der Waals surface area contributed by atoms with Crippen molar-refractivity contribution in [3.8, 4) is 0 Å². The van der Waals surface area contributed by atoms with Gasteiger partial charge in [0.1, 0.15) is 5.82 Å². The molecule has 0 bridgehead atoms. The van der Waals surface area contributed by atoms with E-state index in [4.69, 9.17) is 5.73 Å². The van der Waals surface area contributed by atoms with Gasteiger partial charge < -0.3 is 10.6 Å². The normalized spacial score (nSPS) is 24.4. The van der Waals surface area contributed by atoms with Crippen LogP contribution in [0.4, 0.5) is 17.6 Å². The molecular weight excluding hydrogens is 434 g/mol. The van der Waals surface area contributed by atoms with Crippen molar-refractivity contribution in [2.75, 3.05) is 6.54 Å². The summed E-state index contributed by atoms with van der Waals surface area (Å²) < 4.78 is 52.3. The second-order valence-corrected chi connectivity index (χ2v) is 9.41. The second kappa shape index (κ2) is 9.05. The van der Waals surface area contributed by atoms with Crippen molar-refractivity contribution in [1.82, 2.24) is 9.88 Å². The molecule has 2 N–H and O–H groups in total. The maximum Gasteiger partial charge on any atom is 0.395 e. The number of halogens is 4. The van der Waals surface area contributed by atoms with E-state index in [-0.39, 0.29) is 34.8 Å². The first-order valence-corrected chi connectivity index (χ1v) is 11.5. The Morgan fingerprint density at radius 2 is 1.70 bits per heavy atom. The third-order valence-corrected chi connectivity index (χ3v) is 7.29. The van der Waals surface area contributed by atoms with Gasteiger partial charge in [-0.15, -0.1) is 0 Å². The van der Waals surface area contributed by atoms with Gasteiger partial charge in [-0.05, 0) is 75.3 Å². The number of hydrogen-bond donors (Lipinski definition) is 1. The van der Waals surface area contributed by atoms with Gasteiger partial charge in [0, 0.05) is 35.3 Å². The maximum atomic E-state index is 13.4. The topological polar surface area (TPSA) is 59.2 Å². The average Bonchev–Trinajstić information content (AvgIpc) is 3.64. The zero-order valence-electron chi connectivity index (χ0n) is 18.6. The van der Waals surface area contributed by atoms with Crippen LogP contribution in [0.15, 0.2) is 42.6 Å². The van der Waals surface area contributed by atoms with Gasteiger partial charge in [0.25, 0.3) is 5.91 Å². The van der Waals surface area contributed by atoms with E-state index >= 15 is 0 Å². The van der Waals surface area contributed by atoms with Crippen molar-refractivity contribution in [2.24, 2.45) is 5.73 Å². The van der Waals surface area contributed by atoms with E-state index in [0.29, 0.717) is 12.1 Å². The average molecular weight is 464 g/mol. The Hall–Kier alpha value is -2.48. The Balaban J connectivity index is 1.48. The molecule has 1 unspecified atom stereocenters. The van der Waals surface area contributed by atoms with E-state index in [1.165, 1.54) is 36.5 Å². The van der Waals surface area contributed by atoms with E-state index in [2.05, 4.69) is 4.98 Å². The van der Waals surface area contributed by atoms with E-state index in [0.717, 1.165) is 51.1 Å². The Morgan fingerprint density at radius 3 is 2.18 bits per heavy atom. The van der Waals surface area contributed by atoms with Gasteiger partial charge in [0.15, 0.2) is 0 Å². The highest BCUT2D eigenvalue weighted by molar-refractivity contribution is 5.95. The number of hydrogen-bond acceptors (Lipinski definition) is 3. The van der Waals surface area contributed by atoms with Gasteiger partial charge in [-0.3, -0.25) is 9.78 Å². The molecule has 0 saturated heterocycles. The number of alkyl halides is 3. The first-order chi connectivity index (χ1) is 15.6. The minimum Gasteiger partial charge on any atom is -0.333 e. The zero-order chi connectivity index (χ0) is 23.8. The number of amides is 1. The van der Waals surface area contributed by atoms with Crippen molar-refractivity contribution in [1.29, 1.82) is 0 Å². The predicted octanol–water partition coefficient (Wildman–Crippen LogP) is 5.33. The Kier molecular flexibility index (Phi) is 6.49. The molecule has 4 nitrogen and oxygen atoms in total. The number of pyridine rings is 1. The highest BCUT2D eigenvalue weighted by Gasteiger charge is 2.44. The molecule has 1 aromatic heterocycles. The van der Waals surface area contributed by atoms with E-state index < -0.39 is 12.1 Å². The molecule has 1 heterocycles. The minimum atomic E-state index is -4.32. The lowest BCUT2D eigenvalue weighted by Crippen LogP contribution is -2.48. The third kappa shape index (κ3) is 4.90. The molecule has 1 atom stereocenters. The highest BCUT2D eigenvalue weighted by atomic mass is 19.4. The molecule has 178 valence electrons. The number of rotatable bonds is 6. The fraction of sp³-hybridized carbons (Fsp3) is 0.520. The zero-order valence-corrected chi connectivity index (χ0v) is 18.6. The molecule has 2 aliphatic rings. The van der Waals surface area contributed by atoms with E-state index in [1.54, 1.807) is 6.07 Å². The summed E-state index contributed by atoms with van der Waals surface area (Å²) >= 11 is 0. The van der Waals surface area contributed by atoms with E-state index in [1.807, 2.05) is 4.90 Å². The maximum absolute atomic E-state index is 13.4. The largest absolute Gasteiger partial charge is 0.395 e. The molecule has 4 rings (SSSR count). The molecule has 2 saturated carbocycles. The standard InChI is InChI=1S/C25H29F4N3O/c1-16(25(27,28)29)17-2-4-18(5-3-17)23(33)32(20-7-8-20)21-10-12-24(15-30,13-11-21)22-9-6-19(26)14-31-22/h2-6,9,14,16,20-21H,7-8,10-13,15,30H2,1H3. The Morgan fingerprint density at radius 1 is 1.09 bits per heavy atom. The number of nitrogens with two attached hydrogens (primary N) is 1. The molecule has 0 aliphatic heterocycles. The van der Waals surface area contributed by atoms with Crippen LogP contribution in [-0.2, 0) is 5.41 Å². The summed E-state index contributed by atoms with van der Waals surface area (Å²) in [4.78, 5) is 19.6. The van der Waals surface area contributed by atoms with Crippen LogP contribution >= 0.6 is 0 Å². The smallest absolute Gasteiger partial charge is 0.333 e. The summed E-state index contributed by atoms with van der Waals surface area (Å²) in [6, 6.07) is 9.11. The molecular formula is C25H29F4N3O. The molecule has 0 radical (unpaired) electrons. The number of carbonyl (C=O) groups is 1. The predicted molar refractivity (Wildman–Crippen MR) is 117 cm³/mol. The number of aromatic nitrogens is 1. The first kappa shape index (κ1) is 23.7.